The van der Waals surface area contributed by atoms with Crippen LogP contribution in [0.25, 0.3) is 0 Å². The average Bonchev–Trinajstić information content (AvgIpc) is 3.43. The molecule has 1 amide bonds. The van der Waals surface area contributed by atoms with Crippen molar-refractivity contribution >= 4 is 17.3 Å². The fraction of sp³-hybridized carbons (Fsp3) is 0.200. The van der Waals surface area contributed by atoms with E-state index < -0.39 is 22.6 Å². The van der Waals surface area contributed by atoms with E-state index in [-0.39, 0.29) is 36.1 Å². The molecule has 0 bridgehead atoms. The van der Waals surface area contributed by atoms with Crippen LogP contribution in [0, 0.1) is 24.0 Å². The molecular weight excluding hydrogens is 493 g/mol. The quantitative estimate of drug-likeness (QED) is 0.231. The number of rotatable bonds is 8. The second kappa shape index (κ2) is 10.2. The summed E-state index contributed by atoms with van der Waals surface area (Å²) in [5.41, 5.74) is 0.900. The lowest BCUT2D eigenvalue weighted by atomic mass is 10.1. The van der Waals surface area contributed by atoms with E-state index in [0.717, 1.165) is 12.1 Å². The summed E-state index contributed by atoms with van der Waals surface area (Å²) < 4.78 is 51.6. The number of nitrogens with zero attached hydrogens (tertiary/aromatic N) is 3. The van der Waals surface area contributed by atoms with Gasteiger partial charge in [-0.05, 0) is 49.7 Å². The van der Waals surface area contributed by atoms with Gasteiger partial charge < -0.3 is 14.5 Å². The Morgan fingerprint density at radius 3 is 2.62 bits per heavy atom. The van der Waals surface area contributed by atoms with Crippen molar-refractivity contribution in [3.63, 3.8) is 0 Å². The highest BCUT2D eigenvalue weighted by atomic mass is 19.4. The van der Waals surface area contributed by atoms with Crippen LogP contribution >= 0.6 is 0 Å². The normalized spacial score (nSPS) is 11.4. The van der Waals surface area contributed by atoms with Crippen molar-refractivity contribution in [3.8, 4) is 5.75 Å². The molecular formula is C25H21F3N4O5. The monoisotopic (exact) mass is 514 g/mol. The fourth-order valence-electron chi connectivity index (χ4n) is 3.68. The molecule has 4 rings (SSSR count). The van der Waals surface area contributed by atoms with E-state index in [1.165, 1.54) is 41.1 Å². The van der Waals surface area contributed by atoms with E-state index in [9.17, 15) is 28.1 Å². The van der Waals surface area contributed by atoms with Crippen LogP contribution in [0.3, 0.4) is 0 Å². The smallest absolute Gasteiger partial charge is 0.416 e. The highest BCUT2D eigenvalue weighted by Gasteiger charge is 2.30. The largest absolute Gasteiger partial charge is 0.479 e. The Kier molecular flexibility index (Phi) is 7.00. The first-order valence-corrected chi connectivity index (χ1v) is 11.0. The number of nitro groups is 1. The van der Waals surface area contributed by atoms with E-state index in [1.807, 2.05) is 0 Å². The maximum atomic E-state index is 13.0. The lowest BCUT2D eigenvalue weighted by Gasteiger charge is -2.10. The molecule has 0 aliphatic rings. The molecule has 0 radical (unpaired) electrons. The standard InChI is InChI=1S/C25H21F3N4O5/c1-15-23(16(2)31(30-15)13-17-6-5-7-18(12-17)25(26,27)28)29-24(33)22-11-10-19(37-22)14-36-21-9-4-3-8-20(21)32(34)35/h3-12H,13-14H2,1-2H3,(H,29,33). The van der Waals surface area contributed by atoms with Crippen molar-refractivity contribution in [3.05, 3.63) is 105 Å². The van der Waals surface area contributed by atoms with Crippen LogP contribution in [-0.4, -0.2) is 20.6 Å². The fourth-order valence-corrected chi connectivity index (χ4v) is 3.68. The molecule has 0 saturated heterocycles. The lowest BCUT2D eigenvalue weighted by Crippen LogP contribution is -2.13. The van der Waals surface area contributed by atoms with Gasteiger partial charge >= 0.3 is 11.9 Å². The van der Waals surface area contributed by atoms with Gasteiger partial charge in [0.15, 0.2) is 11.5 Å². The first kappa shape index (κ1) is 25.5. The molecule has 2 heterocycles. The molecule has 0 aliphatic heterocycles. The number of hydrogen-bond donors (Lipinski definition) is 1. The number of para-hydroxylation sites is 2. The van der Waals surface area contributed by atoms with Crippen LogP contribution < -0.4 is 10.1 Å². The Morgan fingerprint density at radius 1 is 1.14 bits per heavy atom. The molecule has 4 aromatic rings. The number of ether oxygens (including phenoxy) is 1. The predicted octanol–water partition coefficient (Wildman–Crippen LogP) is 5.90. The molecule has 0 spiro atoms. The van der Waals surface area contributed by atoms with Crippen LogP contribution in [0.4, 0.5) is 24.5 Å². The third kappa shape index (κ3) is 5.80. The number of carbonyl (C=O) groups is 1. The molecule has 37 heavy (non-hydrogen) atoms. The summed E-state index contributed by atoms with van der Waals surface area (Å²) in [5.74, 6) is -0.251. The van der Waals surface area contributed by atoms with Gasteiger partial charge in [-0.2, -0.15) is 18.3 Å². The molecule has 0 atom stereocenters. The van der Waals surface area contributed by atoms with E-state index in [0.29, 0.717) is 22.6 Å². The van der Waals surface area contributed by atoms with Crippen LogP contribution in [0.15, 0.2) is 65.1 Å². The number of carbonyl (C=O) groups excluding carboxylic acids is 1. The Bertz CT molecular complexity index is 1460. The van der Waals surface area contributed by atoms with Crippen molar-refractivity contribution in [2.75, 3.05) is 5.32 Å². The topological polar surface area (TPSA) is 112 Å². The minimum absolute atomic E-state index is 0.0226. The summed E-state index contributed by atoms with van der Waals surface area (Å²) in [6.07, 6.45) is -4.45. The van der Waals surface area contributed by atoms with E-state index in [2.05, 4.69) is 10.4 Å². The summed E-state index contributed by atoms with van der Waals surface area (Å²) in [6.45, 7) is 3.31. The molecule has 0 saturated carbocycles. The number of halogens is 3. The summed E-state index contributed by atoms with van der Waals surface area (Å²) in [7, 11) is 0. The first-order valence-electron chi connectivity index (χ1n) is 11.0. The number of alkyl halides is 3. The molecule has 2 aromatic heterocycles. The number of anilines is 1. The van der Waals surface area contributed by atoms with Crippen molar-refractivity contribution in [1.29, 1.82) is 0 Å². The van der Waals surface area contributed by atoms with Crippen molar-refractivity contribution in [1.82, 2.24) is 9.78 Å². The van der Waals surface area contributed by atoms with Gasteiger partial charge in [-0.1, -0.05) is 24.3 Å². The highest BCUT2D eigenvalue weighted by molar-refractivity contribution is 6.02. The molecule has 0 unspecified atom stereocenters. The Labute approximate surface area is 208 Å². The summed E-state index contributed by atoms with van der Waals surface area (Å²) in [5, 5.41) is 18.2. The highest BCUT2D eigenvalue weighted by Crippen LogP contribution is 2.30. The number of hydrogen-bond acceptors (Lipinski definition) is 6. The van der Waals surface area contributed by atoms with Crippen molar-refractivity contribution in [2.24, 2.45) is 0 Å². The van der Waals surface area contributed by atoms with Gasteiger partial charge in [0, 0.05) is 6.07 Å². The van der Waals surface area contributed by atoms with E-state index in [1.54, 1.807) is 26.0 Å². The number of aryl methyl sites for hydroxylation is 1. The number of nitro benzene ring substituents is 1. The van der Waals surface area contributed by atoms with Crippen molar-refractivity contribution < 1.29 is 32.0 Å². The van der Waals surface area contributed by atoms with Gasteiger partial charge in [-0.15, -0.1) is 0 Å². The summed E-state index contributed by atoms with van der Waals surface area (Å²) >= 11 is 0. The van der Waals surface area contributed by atoms with Gasteiger partial charge in [-0.3, -0.25) is 19.6 Å². The Morgan fingerprint density at radius 2 is 1.89 bits per heavy atom. The zero-order chi connectivity index (χ0) is 26.7. The number of aromatic nitrogens is 2. The zero-order valence-electron chi connectivity index (χ0n) is 19.7. The Balaban J connectivity index is 1.44. The van der Waals surface area contributed by atoms with Gasteiger partial charge in [0.1, 0.15) is 12.4 Å². The van der Waals surface area contributed by atoms with Gasteiger partial charge in [-0.25, -0.2) is 0 Å². The molecule has 12 heteroatoms. The molecule has 0 aliphatic carbocycles. The van der Waals surface area contributed by atoms with Crippen LogP contribution in [0.2, 0.25) is 0 Å². The number of benzene rings is 2. The van der Waals surface area contributed by atoms with Gasteiger partial charge in [0.05, 0.1) is 34.1 Å². The second-order valence-corrected chi connectivity index (χ2v) is 8.14. The maximum absolute atomic E-state index is 13.0. The predicted molar refractivity (Wildman–Crippen MR) is 126 cm³/mol. The molecule has 0 fully saturated rings. The molecule has 1 N–H and O–H groups in total. The molecule has 2 aromatic carbocycles. The summed E-state index contributed by atoms with van der Waals surface area (Å²) in [4.78, 5) is 23.3. The maximum Gasteiger partial charge on any atom is 0.416 e. The number of amides is 1. The zero-order valence-corrected chi connectivity index (χ0v) is 19.7. The Hall–Kier alpha value is -4.61. The van der Waals surface area contributed by atoms with Crippen LogP contribution in [-0.2, 0) is 19.3 Å². The minimum atomic E-state index is -4.45. The van der Waals surface area contributed by atoms with Gasteiger partial charge in [0.25, 0.3) is 5.91 Å². The SMILES string of the molecule is Cc1nn(Cc2cccc(C(F)(F)F)c2)c(C)c1NC(=O)c1ccc(COc2ccccc2[N+](=O)[O-])o1. The second-order valence-electron chi connectivity index (χ2n) is 8.14. The van der Waals surface area contributed by atoms with Crippen LogP contribution in [0.1, 0.15) is 38.8 Å². The summed E-state index contributed by atoms with van der Waals surface area (Å²) in [6, 6.07) is 13.8. The molecule has 9 nitrogen and oxygen atoms in total. The number of furan rings is 1. The lowest BCUT2D eigenvalue weighted by molar-refractivity contribution is -0.386. The van der Waals surface area contributed by atoms with E-state index in [4.69, 9.17) is 9.15 Å². The average molecular weight is 514 g/mol. The van der Waals surface area contributed by atoms with Crippen molar-refractivity contribution in [2.45, 2.75) is 33.2 Å². The first-order chi connectivity index (χ1) is 17.5. The third-order valence-corrected chi connectivity index (χ3v) is 5.52. The molecule has 192 valence electrons. The third-order valence-electron chi connectivity index (χ3n) is 5.52. The minimum Gasteiger partial charge on any atom is -0.479 e. The van der Waals surface area contributed by atoms with Gasteiger partial charge in [0.2, 0.25) is 0 Å². The van der Waals surface area contributed by atoms with Crippen LogP contribution in [0.5, 0.6) is 5.75 Å². The van der Waals surface area contributed by atoms with E-state index >= 15 is 0 Å². The number of nitrogens with one attached hydrogen (secondary N) is 1.